The van der Waals surface area contributed by atoms with Crippen LogP contribution in [0.1, 0.15) is 44.1 Å². The summed E-state index contributed by atoms with van der Waals surface area (Å²) in [4.78, 5) is 0. The largest absolute Gasteiger partial charge is 0.497 e. The smallest absolute Gasteiger partial charge is 0.118 e. The maximum Gasteiger partial charge on any atom is 0.118 e. The highest BCUT2D eigenvalue weighted by Crippen LogP contribution is 2.57. The second kappa shape index (κ2) is 4.02. The van der Waals surface area contributed by atoms with E-state index in [2.05, 4.69) is 30.3 Å². The molecular formula is C16H19NO. The molecule has 3 aliphatic carbocycles. The third-order valence-corrected chi connectivity index (χ3v) is 5.19. The zero-order valence-corrected chi connectivity index (χ0v) is 10.9. The van der Waals surface area contributed by atoms with Crippen molar-refractivity contribution in [3.8, 4) is 11.8 Å². The summed E-state index contributed by atoms with van der Waals surface area (Å²) in [6.45, 7) is 0. The lowest BCUT2D eigenvalue weighted by Gasteiger charge is -2.50. The van der Waals surface area contributed by atoms with E-state index in [1.54, 1.807) is 7.11 Å². The SMILES string of the molecule is COc1ccc(C23CCC(C#N)(CC2)CC3)cc1. The molecule has 0 atom stereocenters. The summed E-state index contributed by atoms with van der Waals surface area (Å²) in [5.74, 6) is 0.924. The molecule has 0 amide bonds. The summed E-state index contributed by atoms with van der Waals surface area (Å²) in [5, 5.41) is 9.32. The second-order valence-electron chi connectivity index (χ2n) is 5.90. The van der Waals surface area contributed by atoms with Gasteiger partial charge in [0.2, 0.25) is 0 Å². The Labute approximate surface area is 109 Å². The molecule has 1 aromatic carbocycles. The van der Waals surface area contributed by atoms with Gasteiger partial charge in [0, 0.05) is 0 Å². The van der Waals surface area contributed by atoms with Crippen LogP contribution < -0.4 is 4.74 Å². The van der Waals surface area contributed by atoms with Crippen LogP contribution >= 0.6 is 0 Å². The third kappa shape index (κ3) is 1.61. The zero-order chi connectivity index (χ0) is 12.6. The number of nitriles is 1. The topological polar surface area (TPSA) is 33.0 Å². The molecule has 0 N–H and O–H groups in total. The number of fused-ring (bicyclic) bond motifs is 3. The highest BCUT2D eigenvalue weighted by atomic mass is 16.5. The zero-order valence-electron chi connectivity index (χ0n) is 10.9. The van der Waals surface area contributed by atoms with Gasteiger partial charge in [0.1, 0.15) is 5.75 Å². The molecule has 4 rings (SSSR count). The Kier molecular flexibility index (Phi) is 2.59. The first-order valence-corrected chi connectivity index (χ1v) is 6.78. The van der Waals surface area contributed by atoms with Crippen molar-refractivity contribution >= 4 is 0 Å². The molecule has 0 unspecified atom stereocenters. The first-order valence-electron chi connectivity index (χ1n) is 6.78. The maximum absolute atomic E-state index is 9.32. The maximum atomic E-state index is 9.32. The van der Waals surface area contributed by atoms with E-state index in [1.165, 1.54) is 24.8 Å². The van der Waals surface area contributed by atoms with Crippen molar-refractivity contribution in [1.29, 1.82) is 5.26 Å². The number of methoxy groups -OCH3 is 1. The van der Waals surface area contributed by atoms with Crippen molar-refractivity contribution in [2.24, 2.45) is 5.41 Å². The molecule has 3 fully saturated rings. The fraction of sp³-hybridized carbons (Fsp3) is 0.562. The normalized spacial score (nSPS) is 34.0. The Balaban J connectivity index is 1.87. The fourth-order valence-corrected chi connectivity index (χ4v) is 3.73. The van der Waals surface area contributed by atoms with Crippen LogP contribution in [0, 0.1) is 16.7 Å². The van der Waals surface area contributed by atoms with E-state index in [0.717, 1.165) is 25.0 Å². The molecule has 0 radical (unpaired) electrons. The van der Waals surface area contributed by atoms with Gasteiger partial charge in [-0.3, -0.25) is 0 Å². The van der Waals surface area contributed by atoms with Crippen molar-refractivity contribution in [2.45, 2.75) is 43.9 Å². The third-order valence-electron chi connectivity index (χ3n) is 5.19. The summed E-state index contributed by atoms with van der Waals surface area (Å²) in [5.41, 5.74) is 1.79. The van der Waals surface area contributed by atoms with Crippen molar-refractivity contribution in [3.05, 3.63) is 29.8 Å². The fourth-order valence-electron chi connectivity index (χ4n) is 3.73. The average Bonchev–Trinajstić information content (AvgIpc) is 2.49. The molecule has 1 aromatic rings. The molecule has 2 heteroatoms. The average molecular weight is 241 g/mol. The number of ether oxygens (including phenoxy) is 1. The van der Waals surface area contributed by atoms with Gasteiger partial charge in [-0.05, 0) is 61.6 Å². The summed E-state index contributed by atoms with van der Waals surface area (Å²) in [7, 11) is 1.70. The Morgan fingerprint density at radius 2 is 1.56 bits per heavy atom. The monoisotopic (exact) mass is 241 g/mol. The van der Waals surface area contributed by atoms with Crippen molar-refractivity contribution in [3.63, 3.8) is 0 Å². The number of hydrogen-bond donors (Lipinski definition) is 0. The molecule has 3 aliphatic rings. The Morgan fingerprint density at radius 1 is 1.00 bits per heavy atom. The predicted molar refractivity (Wildman–Crippen MR) is 70.4 cm³/mol. The van der Waals surface area contributed by atoms with Crippen LogP contribution in [0.25, 0.3) is 0 Å². The van der Waals surface area contributed by atoms with Crippen LogP contribution in [0.5, 0.6) is 5.75 Å². The lowest BCUT2D eigenvalue weighted by Crippen LogP contribution is -2.43. The first-order chi connectivity index (χ1) is 8.72. The Bertz CT molecular complexity index is 458. The van der Waals surface area contributed by atoms with E-state index < -0.39 is 0 Å². The van der Waals surface area contributed by atoms with Crippen LogP contribution in [0.2, 0.25) is 0 Å². The van der Waals surface area contributed by atoms with Gasteiger partial charge in [-0.1, -0.05) is 12.1 Å². The first kappa shape index (κ1) is 11.6. The van der Waals surface area contributed by atoms with E-state index >= 15 is 0 Å². The van der Waals surface area contributed by atoms with E-state index in [4.69, 9.17) is 4.74 Å². The highest BCUT2D eigenvalue weighted by molar-refractivity contribution is 5.34. The molecular weight excluding hydrogens is 222 g/mol. The molecule has 0 spiro atoms. The van der Waals surface area contributed by atoms with Gasteiger partial charge in [0.15, 0.2) is 0 Å². The minimum Gasteiger partial charge on any atom is -0.497 e. The molecule has 2 bridgehead atoms. The quantitative estimate of drug-likeness (QED) is 0.788. The van der Waals surface area contributed by atoms with Crippen LogP contribution in [0.3, 0.4) is 0 Å². The van der Waals surface area contributed by atoms with Gasteiger partial charge >= 0.3 is 0 Å². The van der Waals surface area contributed by atoms with Crippen LogP contribution in [-0.2, 0) is 5.41 Å². The number of benzene rings is 1. The van der Waals surface area contributed by atoms with Crippen LogP contribution in [0.15, 0.2) is 24.3 Å². The second-order valence-corrected chi connectivity index (χ2v) is 5.90. The van der Waals surface area contributed by atoms with Gasteiger partial charge in [0.25, 0.3) is 0 Å². The van der Waals surface area contributed by atoms with Crippen molar-refractivity contribution < 1.29 is 4.74 Å². The summed E-state index contributed by atoms with van der Waals surface area (Å²) < 4.78 is 5.22. The Morgan fingerprint density at radius 3 is 2.00 bits per heavy atom. The van der Waals surface area contributed by atoms with Gasteiger partial charge in [-0.2, -0.15) is 5.26 Å². The van der Waals surface area contributed by atoms with Gasteiger partial charge in [-0.15, -0.1) is 0 Å². The molecule has 3 saturated carbocycles. The Hall–Kier alpha value is -1.49. The van der Waals surface area contributed by atoms with Crippen LogP contribution in [0.4, 0.5) is 0 Å². The number of nitrogens with zero attached hydrogens (tertiary/aromatic N) is 1. The standard InChI is InChI=1S/C16H19NO/c1-18-14-4-2-13(3-5-14)16-9-6-15(12-17,7-10-16)8-11-16/h2-5H,6-11H2,1H3. The molecule has 18 heavy (non-hydrogen) atoms. The molecule has 2 nitrogen and oxygen atoms in total. The lowest BCUT2D eigenvalue weighted by atomic mass is 9.52. The van der Waals surface area contributed by atoms with E-state index in [1.807, 2.05) is 0 Å². The van der Waals surface area contributed by atoms with Gasteiger partial charge in [-0.25, -0.2) is 0 Å². The van der Waals surface area contributed by atoms with E-state index in [9.17, 15) is 5.26 Å². The summed E-state index contributed by atoms with van der Waals surface area (Å²) >= 11 is 0. The van der Waals surface area contributed by atoms with Crippen molar-refractivity contribution in [2.75, 3.05) is 7.11 Å². The lowest BCUT2D eigenvalue weighted by molar-refractivity contribution is 0.0849. The van der Waals surface area contributed by atoms with Crippen molar-refractivity contribution in [1.82, 2.24) is 0 Å². The highest BCUT2D eigenvalue weighted by Gasteiger charge is 2.49. The summed E-state index contributed by atoms with van der Waals surface area (Å²) in [6, 6.07) is 11.1. The molecule has 0 heterocycles. The van der Waals surface area contributed by atoms with Gasteiger partial charge in [0.05, 0.1) is 18.6 Å². The molecule has 0 aromatic heterocycles. The predicted octanol–water partition coefficient (Wildman–Crippen LogP) is 3.81. The summed E-state index contributed by atoms with van der Waals surface area (Å²) in [6.07, 6.45) is 6.76. The minimum absolute atomic E-state index is 0.00816. The molecule has 0 aliphatic heterocycles. The van der Waals surface area contributed by atoms with Crippen LogP contribution in [-0.4, -0.2) is 7.11 Å². The number of rotatable bonds is 2. The van der Waals surface area contributed by atoms with Gasteiger partial charge < -0.3 is 4.74 Å². The molecule has 0 saturated heterocycles. The van der Waals surface area contributed by atoms with E-state index in [0.29, 0.717) is 5.41 Å². The minimum atomic E-state index is 0.00816. The number of hydrogen-bond acceptors (Lipinski definition) is 2. The van der Waals surface area contributed by atoms with E-state index in [-0.39, 0.29) is 5.41 Å². The molecule has 94 valence electrons.